The smallest absolute Gasteiger partial charge is 0.222 e. The highest BCUT2D eigenvalue weighted by atomic mass is 16.5. The van der Waals surface area contributed by atoms with Crippen LogP contribution in [0.15, 0.2) is 0 Å². The van der Waals surface area contributed by atoms with E-state index in [0.29, 0.717) is 25.0 Å². The van der Waals surface area contributed by atoms with E-state index in [0.717, 1.165) is 32.5 Å². The van der Waals surface area contributed by atoms with Gasteiger partial charge in [-0.3, -0.25) is 4.79 Å². The van der Waals surface area contributed by atoms with Gasteiger partial charge in [0.1, 0.15) is 0 Å². The summed E-state index contributed by atoms with van der Waals surface area (Å²) in [5, 5.41) is 3.50. The summed E-state index contributed by atoms with van der Waals surface area (Å²) in [7, 11) is 0. The van der Waals surface area contributed by atoms with Gasteiger partial charge < -0.3 is 15.0 Å². The fraction of sp³-hybridized carbons (Fsp3) is 0.929. The Hall–Kier alpha value is -0.610. The highest BCUT2D eigenvalue weighted by molar-refractivity contribution is 5.76. The fourth-order valence-corrected chi connectivity index (χ4v) is 2.82. The third-order valence-electron chi connectivity index (χ3n) is 4.07. The lowest BCUT2D eigenvalue weighted by Gasteiger charge is -2.33. The molecule has 2 saturated heterocycles. The van der Waals surface area contributed by atoms with Gasteiger partial charge in [-0.25, -0.2) is 0 Å². The highest BCUT2D eigenvalue weighted by Gasteiger charge is 2.23. The van der Waals surface area contributed by atoms with Crippen molar-refractivity contribution in [1.29, 1.82) is 0 Å². The maximum Gasteiger partial charge on any atom is 0.222 e. The Bertz CT molecular complexity index is 265. The zero-order valence-electron chi connectivity index (χ0n) is 11.5. The summed E-state index contributed by atoms with van der Waals surface area (Å²) in [6, 6.07) is 0.561. The molecule has 2 rings (SSSR count). The van der Waals surface area contributed by atoms with Crippen molar-refractivity contribution in [2.24, 2.45) is 0 Å². The van der Waals surface area contributed by atoms with Gasteiger partial charge in [0.15, 0.2) is 0 Å². The van der Waals surface area contributed by atoms with E-state index in [9.17, 15) is 4.79 Å². The summed E-state index contributed by atoms with van der Waals surface area (Å²) in [6.07, 6.45) is 6.74. The molecule has 4 nitrogen and oxygen atoms in total. The SMILES string of the molecule is CCC1CN(C(=O)CCC2CCCCN2)CCO1. The summed E-state index contributed by atoms with van der Waals surface area (Å²) in [5.74, 6) is 0.309. The van der Waals surface area contributed by atoms with Crippen LogP contribution in [0.4, 0.5) is 0 Å². The van der Waals surface area contributed by atoms with Crippen LogP contribution in [0, 0.1) is 0 Å². The molecule has 0 aromatic carbocycles. The van der Waals surface area contributed by atoms with Crippen molar-refractivity contribution >= 4 is 5.91 Å². The number of hydrogen-bond acceptors (Lipinski definition) is 3. The summed E-state index contributed by atoms with van der Waals surface area (Å²) >= 11 is 0. The van der Waals surface area contributed by atoms with E-state index in [1.807, 2.05) is 4.90 Å². The Balaban J connectivity index is 1.70. The first-order chi connectivity index (χ1) is 8.79. The van der Waals surface area contributed by atoms with Gasteiger partial charge in [0.2, 0.25) is 5.91 Å². The summed E-state index contributed by atoms with van der Waals surface area (Å²) in [4.78, 5) is 14.1. The monoisotopic (exact) mass is 254 g/mol. The molecule has 2 aliphatic rings. The van der Waals surface area contributed by atoms with Crippen LogP contribution in [0.5, 0.6) is 0 Å². The first kappa shape index (κ1) is 13.8. The summed E-state index contributed by atoms with van der Waals surface area (Å²) in [6.45, 7) is 5.49. The first-order valence-electron chi connectivity index (χ1n) is 7.42. The number of nitrogens with zero attached hydrogens (tertiary/aromatic N) is 1. The summed E-state index contributed by atoms with van der Waals surface area (Å²) < 4.78 is 5.60. The quantitative estimate of drug-likeness (QED) is 0.827. The highest BCUT2D eigenvalue weighted by Crippen LogP contribution is 2.14. The Morgan fingerprint density at radius 3 is 3.06 bits per heavy atom. The number of rotatable bonds is 4. The van der Waals surface area contributed by atoms with Crippen molar-refractivity contribution in [1.82, 2.24) is 10.2 Å². The molecule has 2 fully saturated rings. The molecular weight excluding hydrogens is 228 g/mol. The summed E-state index contributed by atoms with van der Waals surface area (Å²) in [5.41, 5.74) is 0. The third kappa shape index (κ3) is 3.95. The van der Waals surface area contributed by atoms with Gasteiger partial charge in [-0.1, -0.05) is 13.3 Å². The molecule has 2 atom stereocenters. The Labute approximate surface area is 110 Å². The number of carbonyl (C=O) groups excluding carboxylic acids is 1. The Morgan fingerprint density at radius 1 is 1.44 bits per heavy atom. The van der Waals surface area contributed by atoms with Crippen molar-refractivity contribution in [3.05, 3.63) is 0 Å². The van der Waals surface area contributed by atoms with E-state index >= 15 is 0 Å². The third-order valence-corrected chi connectivity index (χ3v) is 4.07. The largest absolute Gasteiger partial charge is 0.375 e. The van der Waals surface area contributed by atoms with E-state index in [2.05, 4.69) is 12.2 Å². The lowest BCUT2D eigenvalue weighted by molar-refractivity contribution is -0.139. The first-order valence-corrected chi connectivity index (χ1v) is 7.42. The standard InChI is InChI=1S/C14H26N2O2/c1-2-13-11-16(9-10-18-13)14(17)7-6-12-5-3-4-8-15-12/h12-13,15H,2-11H2,1H3. The maximum absolute atomic E-state index is 12.1. The molecule has 0 bridgehead atoms. The van der Waals surface area contributed by atoms with E-state index in [1.165, 1.54) is 19.3 Å². The molecule has 1 N–H and O–H groups in total. The van der Waals surface area contributed by atoms with Crippen molar-refractivity contribution in [3.63, 3.8) is 0 Å². The van der Waals surface area contributed by atoms with E-state index < -0.39 is 0 Å². The minimum atomic E-state index is 0.246. The fourth-order valence-electron chi connectivity index (χ4n) is 2.82. The van der Waals surface area contributed by atoms with Crippen molar-refractivity contribution in [2.75, 3.05) is 26.2 Å². The molecule has 0 spiro atoms. The number of ether oxygens (including phenoxy) is 1. The van der Waals surface area contributed by atoms with Crippen LogP contribution in [-0.4, -0.2) is 49.2 Å². The molecule has 0 aromatic heterocycles. The van der Waals surface area contributed by atoms with Gasteiger partial charge in [0, 0.05) is 25.6 Å². The number of nitrogens with one attached hydrogen (secondary N) is 1. The number of piperidine rings is 1. The normalized spacial score (nSPS) is 29.3. The second kappa shape index (κ2) is 7.10. The van der Waals surface area contributed by atoms with Crippen LogP contribution in [0.1, 0.15) is 45.4 Å². The van der Waals surface area contributed by atoms with E-state index in [-0.39, 0.29) is 6.10 Å². The topological polar surface area (TPSA) is 41.6 Å². The van der Waals surface area contributed by atoms with Gasteiger partial charge in [0.05, 0.1) is 12.7 Å². The van der Waals surface area contributed by atoms with E-state index in [4.69, 9.17) is 4.74 Å². The van der Waals surface area contributed by atoms with Gasteiger partial charge in [-0.05, 0) is 32.2 Å². The predicted octanol–water partition coefficient (Wildman–Crippen LogP) is 1.55. The van der Waals surface area contributed by atoms with Gasteiger partial charge >= 0.3 is 0 Å². The second-order valence-corrected chi connectivity index (χ2v) is 5.43. The molecule has 2 heterocycles. The van der Waals surface area contributed by atoms with Crippen LogP contribution >= 0.6 is 0 Å². The molecule has 0 aromatic rings. The lowest BCUT2D eigenvalue weighted by Crippen LogP contribution is -2.45. The number of morpholine rings is 1. The van der Waals surface area contributed by atoms with Gasteiger partial charge in [-0.2, -0.15) is 0 Å². The molecule has 18 heavy (non-hydrogen) atoms. The zero-order chi connectivity index (χ0) is 12.8. The van der Waals surface area contributed by atoms with E-state index in [1.54, 1.807) is 0 Å². The van der Waals surface area contributed by atoms with Crippen molar-refractivity contribution in [2.45, 2.75) is 57.6 Å². The molecule has 4 heteroatoms. The van der Waals surface area contributed by atoms with Crippen molar-refractivity contribution in [3.8, 4) is 0 Å². The number of hydrogen-bond donors (Lipinski definition) is 1. The molecule has 1 amide bonds. The molecule has 2 unspecified atom stereocenters. The lowest BCUT2D eigenvalue weighted by atomic mass is 10.00. The molecular formula is C14H26N2O2. The molecule has 2 aliphatic heterocycles. The van der Waals surface area contributed by atoms with Gasteiger partial charge in [0.25, 0.3) is 0 Å². The Kier molecular flexibility index (Phi) is 5.45. The average Bonchev–Trinajstić information content (AvgIpc) is 2.46. The van der Waals surface area contributed by atoms with Crippen LogP contribution in [-0.2, 0) is 9.53 Å². The Morgan fingerprint density at radius 2 is 2.33 bits per heavy atom. The van der Waals surface area contributed by atoms with Crippen LogP contribution < -0.4 is 5.32 Å². The number of carbonyl (C=O) groups is 1. The second-order valence-electron chi connectivity index (χ2n) is 5.43. The van der Waals surface area contributed by atoms with Crippen LogP contribution in [0.3, 0.4) is 0 Å². The van der Waals surface area contributed by atoms with Crippen molar-refractivity contribution < 1.29 is 9.53 Å². The van der Waals surface area contributed by atoms with Crippen LogP contribution in [0.2, 0.25) is 0 Å². The van der Waals surface area contributed by atoms with Crippen LogP contribution in [0.25, 0.3) is 0 Å². The molecule has 104 valence electrons. The molecule has 0 saturated carbocycles. The number of amides is 1. The average molecular weight is 254 g/mol. The maximum atomic E-state index is 12.1. The predicted molar refractivity (Wildman–Crippen MR) is 71.5 cm³/mol. The minimum Gasteiger partial charge on any atom is -0.375 e. The van der Waals surface area contributed by atoms with Gasteiger partial charge in [-0.15, -0.1) is 0 Å². The minimum absolute atomic E-state index is 0.246. The zero-order valence-corrected chi connectivity index (χ0v) is 11.5. The molecule has 0 aliphatic carbocycles. The molecule has 0 radical (unpaired) electrons.